The van der Waals surface area contributed by atoms with Crippen molar-refractivity contribution in [3.63, 3.8) is 0 Å². The number of rotatable bonds is 7. The first-order valence-electron chi connectivity index (χ1n) is 4.31. The van der Waals surface area contributed by atoms with Crippen LogP contribution < -0.4 is 5.73 Å². The molecule has 3 N–H and O–H groups in total. The number of thioether (sulfide) groups is 1. The molecular weight excluding hydrogens is 256 g/mol. The summed E-state index contributed by atoms with van der Waals surface area (Å²) < 4.78 is 30.3. The normalized spacial score (nSPS) is 13.2. The molecule has 0 aromatic rings. The lowest BCUT2D eigenvalue weighted by Crippen LogP contribution is -2.47. The molecule has 0 saturated carbocycles. The Morgan fingerprint density at radius 2 is 2.19 bits per heavy atom. The smallest absolute Gasteiger partial charge is 0.320 e. The van der Waals surface area contributed by atoms with E-state index in [1.54, 1.807) is 0 Å². The van der Waals surface area contributed by atoms with E-state index in [9.17, 15) is 18.0 Å². The molecule has 16 heavy (non-hydrogen) atoms. The molecule has 0 bridgehead atoms. The van der Waals surface area contributed by atoms with Crippen LogP contribution in [-0.4, -0.2) is 54.1 Å². The Bertz CT molecular complexity index is 343. The predicted molar refractivity (Wildman–Crippen MR) is 60.3 cm³/mol. The van der Waals surface area contributed by atoms with Crippen LogP contribution >= 0.6 is 11.8 Å². The summed E-state index contributed by atoms with van der Waals surface area (Å²) in [5.74, 6) is -0.406. The number of nitrogens with two attached hydrogens (primary N) is 1. The monoisotopic (exact) mass is 270 g/mol. The summed E-state index contributed by atoms with van der Waals surface area (Å²) in [4.78, 5) is 21.7. The van der Waals surface area contributed by atoms with E-state index in [1.807, 2.05) is 6.26 Å². The highest BCUT2D eigenvalue weighted by Crippen LogP contribution is 2.05. The summed E-state index contributed by atoms with van der Waals surface area (Å²) in [6.45, 7) is -0.732. The number of carbonyl (C=O) groups excluding carboxylic acids is 2. The highest BCUT2D eigenvalue weighted by molar-refractivity contribution is 7.98. The molecule has 1 unspecified atom stereocenters. The van der Waals surface area contributed by atoms with Gasteiger partial charge >= 0.3 is 10.3 Å². The topological polar surface area (TPSA) is 118 Å². The van der Waals surface area contributed by atoms with Crippen LogP contribution in [0.5, 0.6) is 0 Å². The van der Waals surface area contributed by atoms with Gasteiger partial charge in [-0.15, -0.1) is 0 Å². The van der Waals surface area contributed by atoms with E-state index in [0.29, 0.717) is 5.75 Å². The summed E-state index contributed by atoms with van der Waals surface area (Å²) in [6.07, 6.45) is 2.28. The average molecular weight is 270 g/mol. The Kier molecular flexibility index (Phi) is 6.56. The molecule has 0 rings (SSSR count). The van der Waals surface area contributed by atoms with Crippen LogP contribution in [0.25, 0.3) is 0 Å². The number of hydrogen-bond acceptors (Lipinski definition) is 6. The van der Waals surface area contributed by atoms with Gasteiger partial charge in [0.05, 0.1) is 12.6 Å². The molecule has 0 spiro atoms. The molecule has 1 atom stereocenters. The summed E-state index contributed by atoms with van der Waals surface area (Å²) in [7, 11) is -4.73. The van der Waals surface area contributed by atoms with Gasteiger partial charge in [-0.25, -0.2) is 4.31 Å². The van der Waals surface area contributed by atoms with Gasteiger partial charge in [-0.1, -0.05) is 0 Å². The van der Waals surface area contributed by atoms with Crippen LogP contribution in [0.4, 0.5) is 0 Å². The van der Waals surface area contributed by atoms with Gasteiger partial charge in [-0.05, 0) is 18.4 Å². The first kappa shape index (κ1) is 15.4. The Balaban J connectivity index is 4.68. The van der Waals surface area contributed by atoms with Crippen LogP contribution in [0, 0.1) is 0 Å². The van der Waals surface area contributed by atoms with E-state index in [1.165, 1.54) is 11.8 Å². The molecule has 94 valence electrons. The SMILES string of the molecule is CSCCC(N)C(=O)N(CC=O)S(=O)(=O)O. The molecule has 0 radical (unpaired) electrons. The maximum absolute atomic E-state index is 11.5. The van der Waals surface area contributed by atoms with Crippen molar-refractivity contribution < 1.29 is 22.6 Å². The number of aldehydes is 1. The van der Waals surface area contributed by atoms with E-state index in [0.717, 1.165) is 0 Å². The van der Waals surface area contributed by atoms with Gasteiger partial charge in [0.15, 0.2) is 0 Å². The third-order valence-electron chi connectivity index (χ3n) is 1.71. The van der Waals surface area contributed by atoms with E-state index in [-0.39, 0.29) is 17.0 Å². The summed E-state index contributed by atoms with van der Waals surface area (Å²) in [6, 6.07) is -1.05. The molecule has 1 amide bonds. The molecule has 0 aliphatic heterocycles. The van der Waals surface area contributed by atoms with Crippen LogP contribution in [0.2, 0.25) is 0 Å². The van der Waals surface area contributed by atoms with Crippen molar-refractivity contribution in [2.24, 2.45) is 5.73 Å². The van der Waals surface area contributed by atoms with Crippen molar-refractivity contribution in [1.29, 1.82) is 0 Å². The van der Waals surface area contributed by atoms with Crippen LogP contribution in [-0.2, 0) is 19.9 Å². The number of carbonyl (C=O) groups is 2. The van der Waals surface area contributed by atoms with E-state index in [2.05, 4.69) is 0 Å². The highest BCUT2D eigenvalue weighted by atomic mass is 32.2. The summed E-state index contributed by atoms with van der Waals surface area (Å²) in [5, 5.41) is 0. The molecule has 0 fully saturated rings. The lowest BCUT2D eigenvalue weighted by Gasteiger charge is -2.19. The van der Waals surface area contributed by atoms with Gasteiger partial charge in [0.1, 0.15) is 6.29 Å². The largest absolute Gasteiger partial charge is 0.362 e. The lowest BCUT2D eigenvalue weighted by atomic mass is 10.2. The average Bonchev–Trinajstić information content (AvgIpc) is 2.19. The molecule has 0 saturated heterocycles. The van der Waals surface area contributed by atoms with E-state index in [4.69, 9.17) is 10.3 Å². The van der Waals surface area contributed by atoms with Gasteiger partial charge in [0, 0.05) is 0 Å². The van der Waals surface area contributed by atoms with Gasteiger partial charge in [0.25, 0.3) is 5.91 Å². The summed E-state index contributed by atoms with van der Waals surface area (Å²) >= 11 is 1.45. The minimum absolute atomic E-state index is 0.0605. The zero-order valence-corrected chi connectivity index (χ0v) is 10.3. The molecule has 0 heterocycles. The van der Waals surface area contributed by atoms with Gasteiger partial charge in [-0.3, -0.25) is 9.35 Å². The second-order valence-corrected chi connectivity index (χ2v) is 5.22. The van der Waals surface area contributed by atoms with Crippen LogP contribution in [0.1, 0.15) is 6.42 Å². The fraction of sp³-hybridized carbons (Fsp3) is 0.714. The maximum atomic E-state index is 11.5. The molecule has 0 aliphatic rings. The third-order valence-corrected chi connectivity index (χ3v) is 3.24. The van der Waals surface area contributed by atoms with Crippen LogP contribution in [0.3, 0.4) is 0 Å². The fourth-order valence-electron chi connectivity index (χ4n) is 0.919. The molecule has 0 aromatic carbocycles. The second kappa shape index (κ2) is 6.84. The zero-order valence-electron chi connectivity index (χ0n) is 8.70. The van der Waals surface area contributed by atoms with Gasteiger partial charge < -0.3 is 10.5 Å². The molecular formula is C7H14N2O5S2. The molecule has 9 heteroatoms. The Morgan fingerprint density at radius 1 is 1.62 bits per heavy atom. The van der Waals surface area contributed by atoms with Crippen molar-refractivity contribution >= 4 is 34.3 Å². The predicted octanol–water partition coefficient (Wildman–Crippen LogP) is -1.10. The Morgan fingerprint density at radius 3 is 2.56 bits per heavy atom. The van der Waals surface area contributed by atoms with Crippen molar-refractivity contribution in [1.82, 2.24) is 4.31 Å². The molecule has 7 nitrogen and oxygen atoms in total. The lowest BCUT2D eigenvalue weighted by molar-refractivity contribution is -0.129. The number of nitrogens with zero attached hydrogens (tertiary/aromatic N) is 1. The number of hydrogen-bond donors (Lipinski definition) is 2. The molecule has 0 aliphatic carbocycles. The standard InChI is InChI=1S/C7H14N2O5S2/c1-15-5-2-6(8)7(11)9(3-4-10)16(12,13)14/h4,6H,2-3,5,8H2,1H3,(H,12,13,14). The van der Waals surface area contributed by atoms with Crippen molar-refractivity contribution in [2.45, 2.75) is 12.5 Å². The third kappa shape index (κ3) is 4.92. The molecule has 0 aromatic heterocycles. The van der Waals surface area contributed by atoms with Gasteiger partial charge in [0.2, 0.25) is 0 Å². The highest BCUT2D eigenvalue weighted by Gasteiger charge is 2.28. The fourth-order valence-corrected chi connectivity index (χ4v) is 2.02. The quantitative estimate of drug-likeness (QED) is 0.445. The maximum Gasteiger partial charge on any atom is 0.362 e. The zero-order chi connectivity index (χ0) is 12.8. The van der Waals surface area contributed by atoms with E-state index < -0.39 is 28.8 Å². The Labute approximate surface area is 98.2 Å². The van der Waals surface area contributed by atoms with Crippen molar-refractivity contribution in [2.75, 3.05) is 18.6 Å². The van der Waals surface area contributed by atoms with Crippen molar-refractivity contribution in [3.05, 3.63) is 0 Å². The number of amides is 1. The van der Waals surface area contributed by atoms with Gasteiger partial charge in [-0.2, -0.15) is 20.2 Å². The second-order valence-electron chi connectivity index (χ2n) is 2.90. The first-order valence-corrected chi connectivity index (χ1v) is 7.10. The van der Waals surface area contributed by atoms with Crippen molar-refractivity contribution in [3.8, 4) is 0 Å². The van der Waals surface area contributed by atoms with E-state index >= 15 is 0 Å². The minimum atomic E-state index is -4.73. The Hall–Kier alpha value is -0.640. The van der Waals surface area contributed by atoms with Crippen LogP contribution in [0.15, 0.2) is 0 Å². The summed E-state index contributed by atoms with van der Waals surface area (Å²) in [5.41, 5.74) is 5.44. The first-order chi connectivity index (χ1) is 7.34. The minimum Gasteiger partial charge on any atom is -0.320 e.